The Hall–Kier alpha value is -1.16. The van der Waals surface area contributed by atoms with Crippen molar-refractivity contribution in [3.05, 3.63) is 11.6 Å². The van der Waals surface area contributed by atoms with Crippen molar-refractivity contribution < 1.29 is 19.8 Å². The minimum absolute atomic E-state index is 0.0419. The van der Waals surface area contributed by atoms with Crippen LogP contribution in [0.15, 0.2) is 11.6 Å². The molecule has 190 valence electrons. The van der Waals surface area contributed by atoms with Gasteiger partial charge in [0, 0.05) is 17.3 Å². The van der Waals surface area contributed by atoms with Gasteiger partial charge in [-0.3, -0.25) is 4.79 Å². The van der Waals surface area contributed by atoms with Gasteiger partial charge >= 0.3 is 0 Å². The third kappa shape index (κ3) is 2.81. The summed E-state index contributed by atoms with van der Waals surface area (Å²) in [4.78, 5) is 26.3. The molecule has 4 nitrogen and oxygen atoms in total. The van der Waals surface area contributed by atoms with E-state index in [1.54, 1.807) is 0 Å². The molecule has 34 heavy (non-hydrogen) atoms. The predicted molar refractivity (Wildman–Crippen MR) is 130 cm³/mol. The van der Waals surface area contributed by atoms with Crippen molar-refractivity contribution in [1.29, 1.82) is 0 Å². The lowest BCUT2D eigenvalue weighted by Crippen LogP contribution is -2.66. The Morgan fingerprint density at radius 1 is 0.941 bits per heavy atom. The van der Waals surface area contributed by atoms with Crippen molar-refractivity contribution in [2.45, 2.75) is 112 Å². The highest BCUT2D eigenvalue weighted by Crippen LogP contribution is 2.75. The highest BCUT2D eigenvalue weighted by molar-refractivity contribution is 5.95. The van der Waals surface area contributed by atoms with Crippen LogP contribution in [0.5, 0.6) is 0 Å². The average molecular weight is 470 g/mol. The quantitative estimate of drug-likeness (QED) is 0.581. The van der Waals surface area contributed by atoms with E-state index in [9.17, 15) is 19.8 Å². The molecule has 5 rings (SSSR count). The van der Waals surface area contributed by atoms with Crippen LogP contribution in [0.25, 0.3) is 0 Å². The van der Waals surface area contributed by atoms with Gasteiger partial charge in [0.2, 0.25) is 0 Å². The van der Waals surface area contributed by atoms with Crippen LogP contribution in [0.3, 0.4) is 0 Å². The Labute approximate surface area is 206 Å². The Balaban J connectivity index is 1.62. The van der Waals surface area contributed by atoms with E-state index in [2.05, 4.69) is 41.5 Å². The van der Waals surface area contributed by atoms with E-state index in [4.69, 9.17) is 0 Å². The maximum absolute atomic E-state index is 14.2. The monoisotopic (exact) mass is 469 g/mol. The number of hydrogen-bond donors (Lipinski definition) is 1. The molecule has 0 amide bonds. The van der Waals surface area contributed by atoms with E-state index in [1.807, 2.05) is 13.0 Å². The largest absolute Gasteiger partial charge is 0.550 e. The van der Waals surface area contributed by atoms with E-state index in [0.717, 1.165) is 44.9 Å². The first kappa shape index (κ1) is 24.5. The number of rotatable bonds is 1. The first-order valence-electron chi connectivity index (χ1n) is 13.7. The van der Waals surface area contributed by atoms with Crippen LogP contribution >= 0.6 is 0 Å². The van der Waals surface area contributed by atoms with Gasteiger partial charge in [-0.1, -0.05) is 54.0 Å². The molecule has 0 bridgehead atoms. The molecule has 0 heterocycles. The molecule has 4 heteroatoms. The van der Waals surface area contributed by atoms with Crippen molar-refractivity contribution in [3.8, 4) is 0 Å². The number of carbonyl (C=O) groups is 2. The molecular weight excluding hydrogens is 424 g/mol. The number of ketones is 1. The fraction of sp³-hybridized carbons (Fsp3) is 0.867. The van der Waals surface area contributed by atoms with E-state index < -0.39 is 11.4 Å². The Morgan fingerprint density at radius 2 is 1.59 bits per heavy atom. The van der Waals surface area contributed by atoms with Crippen LogP contribution in [0, 0.1) is 50.2 Å². The molecule has 0 spiro atoms. The molecule has 0 aliphatic heterocycles. The van der Waals surface area contributed by atoms with E-state index in [1.165, 1.54) is 5.57 Å². The minimum atomic E-state index is -0.940. The molecule has 5 aliphatic carbocycles. The molecule has 4 saturated carbocycles. The second-order valence-electron chi connectivity index (χ2n) is 14.9. The zero-order valence-electron chi connectivity index (χ0n) is 22.4. The molecule has 5 aliphatic rings. The Kier molecular flexibility index (Phi) is 5.04. The van der Waals surface area contributed by atoms with Crippen molar-refractivity contribution in [2.75, 3.05) is 0 Å². The fourth-order valence-electron chi connectivity index (χ4n) is 10.4. The number of carbonyl (C=O) groups excluding carboxylic acids is 2. The summed E-state index contributed by atoms with van der Waals surface area (Å²) in [5.74, 6) is -0.266. The van der Waals surface area contributed by atoms with Crippen molar-refractivity contribution >= 4 is 11.8 Å². The van der Waals surface area contributed by atoms with Crippen LogP contribution in [0.1, 0.15) is 106 Å². The van der Waals surface area contributed by atoms with E-state index in [0.29, 0.717) is 18.8 Å². The summed E-state index contributed by atoms with van der Waals surface area (Å²) in [7, 11) is 0. The number of carboxylic acids is 1. The number of allylic oxidation sites excluding steroid dienone is 2. The van der Waals surface area contributed by atoms with Gasteiger partial charge in [-0.2, -0.15) is 0 Å². The normalized spacial score (nSPS) is 54.1. The Morgan fingerprint density at radius 3 is 2.24 bits per heavy atom. The summed E-state index contributed by atoms with van der Waals surface area (Å²) in [5, 5.41) is 23.0. The summed E-state index contributed by atoms with van der Waals surface area (Å²) in [6.45, 7) is 15.7. The zero-order chi connectivity index (χ0) is 25.1. The van der Waals surface area contributed by atoms with Crippen molar-refractivity contribution in [1.82, 2.24) is 0 Å². The van der Waals surface area contributed by atoms with Crippen LogP contribution in [-0.4, -0.2) is 23.0 Å². The summed E-state index contributed by atoms with van der Waals surface area (Å²) in [5.41, 5.74) is -0.0781. The minimum Gasteiger partial charge on any atom is -0.550 e. The van der Waals surface area contributed by atoms with Gasteiger partial charge in [-0.05, 0) is 103 Å². The first-order valence-corrected chi connectivity index (χ1v) is 13.7. The molecule has 1 N–H and O–H groups in total. The molecule has 0 aromatic carbocycles. The second kappa shape index (κ2) is 6.99. The second-order valence-corrected chi connectivity index (χ2v) is 14.9. The van der Waals surface area contributed by atoms with Gasteiger partial charge in [-0.15, -0.1) is 0 Å². The highest BCUT2D eigenvalue weighted by atomic mass is 16.4. The number of hydrogen-bond acceptors (Lipinski definition) is 4. The van der Waals surface area contributed by atoms with Gasteiger partial charge in [0.05, 0.1) is 6.10 Å². The van der Waals surface area contributed by atoms with Crippen LogP contribution in [0.4, 0.5) is 0 Å². The number of carboxylic acid groups (broad SMARTS) is 1. The molecule has 0 unspecified atom stereocenters. The summed E-state index contributed by atoms with van der Waals surface area (Å²) in [6, 6.07) is 0. The van der Waals surface area contributed by atoms with Crippen LogP contribution < -0.4 is 5.11 Å². The van der Waals surface area contributed by atoms with Gasteiger partial charge in [0.1, 0.15) is 0 Å². The zero-order valence-corrected chi connectivity index (χ0v) is 22.4. The Bertz CT molecular complexity index is 965. The number of aliphatic hydroxyl groups is 1. The molecule has 0 saturated heterocycles. The van der Waals surface area contributed by atoms with Crippen molar-refractivity contribution in [2.24, 2.45) is 50.2 Å². The van der Waals surface area contributed by atoms with Gasteiger partial charge < -0.3 is 15.0 Å². The predicted octanol–water partition coefficient (Wildman–Crippen LogP) is 5.08. The first-order chi connectivity index (χ1) is 15.6. The van der Waals surface area contributed by atoms with E-state index in [-0.39, 0.29) is 50.8 Å². The molecule has 0 aromatic heterocycles. The number of aliphatic carboxylic acids is 1. The molecular formula is C30H45O4-. The average Bonchev–Trinajstić information content (AvgIpc) is 2.73. The summed E-state index contributed by atoms with van der Waals surface area (Å²) < 4.78 is 0. The maximum atomic E-state index is 14.2. The fourth-order valence-corrected chi connectivity index (χ4v) is 10.4. The lowest BCUT2D eigenvalue weighted by atomic mass is 9.33. The van der Waals surface area contributed by atoms with Gasteiger partial charge in [0.25, 0.3) is 0 Å². The summed E-state index contributed by atoms with van der Waals surface area (Å²) >= 11 is 0. The summed E-state index contributed by atoms with van der Waals surface area (Å²) in [6.07, 6.45) is 9.69. The van der Waals surface area contributed by atoms with Crippen LogP contribution in [0.2, 0.25) is 0 Å². The lowest BCUT2D eigenvalue weighted by Gasteiger charge is -2.70. The van der Waals surface area contributed by atoms with E-state index >= 15 is 0 Å². The van der Waals surface area contributed by atoms with Crippen LogP contribution in [-0.2, 0) is 9.59 Å². The molecule has 4 fully saturated rings. The highest BCUT2D eigenvalue weighted by Gasteiger charge is 2.70. The third-order valence-corrected chi connectivity index (χ3v) is 13.0. The van der Waals surface area contributed by atoms with Gasteiger partial charge in [0.15, 0.2) is 5.78 Å². The topological polar surface area (TPSA) is 77.4 Å². The molecule has 9 atom stereocenters. The third-order valence-electron chi connectivity index (χ3n) is 13.0. The number of aliphatic hydroxyl groups excluding tert-OH is 1. The molecule has 0 radical (unpaired) electrons. The smallest absolute Gasteiger partial charge is 0.159 e. The lowest BCUT2D eigenvalue weighted by molar-refractivity contribution is -0.321. The van der Waals surface area contributed by atoms with Crippen molar-refractivity contribution in [3.63, 3.8) is 0 Å². The SMILES string of the molecule is CC1(C)[C@@H](O)CC[C@]2(C)[C@H]3C(=O)C=C4[C@H]5C[C@@](C)(C(=O)[O-])CC[C@]5(C)CC[C@@]4(C)[C@]3(C)CC[C@@H]12. The standard InChI is InChI=1S/C30H46O4/c1-25(2)21-8-11-30(7)23(28(21,5)10-9-22(25)32)20(31)16-18-19-17-27(4,24(33)34)13-12-26(19,3)14-15-29(18,30)6/h16,19,21-23,32H,8-15,17H2,1-7H3,(H,33,34)/p-1/t19-,21+,22+,23-,26-,27+,28+,29-,30-/m1/s1. The van der Waals surface area contributed by atoms with Gasteiger partial charge in [-0.25, -0.2) is 0 Å². The molecule has 0 aromatic rings. The maximum Gasteiger partial charge on any atom is 0.159 e. The number of fused-ring (bicyclic) bond motifs is 7.